The average molecular weight is 455 g/mol. The lowest BCUT2D eigenvalue weighted by Gasteiger charge is -2.10. The molecule has 10 heteroatoms. The first kappa shape index (κ1) is 21.8. The third kappa shape index (κ3) is 4.76. The van der Waals surface area contributed by atoms with Gasteiger partial charge in [0.1, 0.15) is 0 Å². The lowest BCUT2D eigenvalue weighted by Crippen LogP contribution is -2.14. The molecule has 32 heavy (non-hydrogen) atoms. The van der Waals surface area contributed by atoms with E-state index in [4.69, 9.17) is 5.14 Å². The molecule has 0 spiro atoms. The van der Waals surface area contributed by atoms with Crippen LogP contribution in [0.4, 0.5) is 10.2 Å². The highest BCUT2D eigenvalue weighted by Gasteiger charge is 2.15. The second-order valence-corrected chi connectivity index (χ2v) is 9.01. The quantitative estimate of drug-likeness (QED) is 0.395. The van der Waals surface area contributed by atoms with Crippen molar-refractivity contribution in [2.24, 2.45) is 5.14 Å². The molecule has 0 atom stereocenters. The third-order valence-electron chi connectivity index (χ3n) is 5.29. The van der Waals surface area contributed by atoms with E-state index in [2.05, 4.69) is 20.3 Å². The second-order valence-electron chi connectivity index (χ2n) is 7.48. The van der Waals surface area contributed by atoms with Crippen molar-refractivity contribution in [1.82, 2.24) is 19.5 Å². The van der Waals surface area contributed by atoms with Gasteiger partial charge in [0.15, 0.2) is 17.0 Å². The van der Waals surface area contributed by atoms with E-state index in [1.807, 2.05) is 36.4 Å². The molecule has 0 aliphatic carbocycles. The van der Waals surface area contributed by atoms with Crippen molar-refractivity contribution in [1.29, 1.82) is 0 Å². The van der Waals surface area contributed by atoms with Crippen LogP contribution in [0.15, 0.2) is 59.8 Å². The van der Waals surface area contributed by atoms with Crippen molar-refractivity contribution in [3.63, 3.8) is 0 Å². The minimum absolute atomic E-state index is 0.132. The summed E-state index contributed by atoms with van der Waals surface area (Å²) in [5, 5.41) is 8.42. The Hall–Kier alpha value is -3.37. The van der Waals surface area contributed by atoms with Crippen LogP contribution in [0.2, 0.25) is 0 Å². The van der Waals surface area contributed by atoms with Gasteiger partial charge in [-0.05, 0) is 42.5 Å². The molecule has 2 aromatic heterocycles. The monoisotopic (exact) mass is 454 g/mol. The number of rotatable bonds is 8. The van der Waals surface area contributed by atoms with E-state index in [1.165, 1.54) is 6.07 Å². The molecule has 2 aromatic carbocycles. The van der Waals surface area contributed by atoms with Gasteiger partial charge < -0.3 is 9.88 Å². The molecule has 0 radical (unpaired) electrons. The second kappa shape index (κ2) is 9.01. The summed E-state index contributed by atoms with van der Waals surface area (Å²) in [6, 6.07) is 14.8. The maximum atomic E-state index is 14.1. The van der Waals surface area contributed by atoms with Gasteiger partial charge in [0.25, 0.3) is 0 Å². The number of nitrogens with one attached hydrogen (secondary N) is 1. The number of imidazole rings is 1. The molecular formula is C22H23FN6O2S. The van der Waals surface area contributed by atoms with E-state index in [-0.39, 0.29) is 4.90 Å². The smallest absolute Gasteiger partial charge is 0.312 e. The molecule has 4 aromatic rings. The molecule has 166 valence electrons. The Bertz CT molecular complexity index is 1360. The predicted molar refractivity (Wildman–Crippen MR) is 120 cm³/mol. The van der Waals surface area contributed by atoms with Crippen LogP contribution in [0.1, 0.15) is 23.1 Å². The zero-order valence-corrected chi connectivity index (χ0v) is 18.3. The van der Waals surface area contributed by atoms with Gasteiger partial charge in [0, 0.05) is 13.1 Å². The average Bonchev–Trinajstić information content (AvgIpc) is 3.16. The first-order valence-electron chi connectivity index (χ1n) is 10.1. The minimum atomic E-state index is -3.77. The highest BCUT2D eigenvalue weighted by atomic mass is 32.2. The number of nitrogens with zero attached hydrogens (tertiary/aromatic N) is 4. The van der Waals surface area contributed by atoms with Crippen molar-refractivity contribution in [2.75, 3.05) is 5.32 Å². The number of hydrogen-bond acceptors (Lipinski definition) is 6. The molecule has 4 rings (SSSR count). The van der Waals surface area contributed by atoms with Gasteiger partial charge in [-0.3, -0.25) is 0 Å². The molecule has 0 aliphatic heterocycles. The largest absolute Gasteiger partial charge is 0.364 e. The summed E-state index contributed by atoms with van der Waals surface area (Å²) in [4.78, 5) is 12.3. The summed E-state index contributed by atoms with van der Waals surface area (Å²) >= 11 is 0. The molecule has 0 aliphatic rings. The summed E-state index contributed by atoms with van der Waals surface area (Å²) in [5.74, 6) is 0.340. The van der Waals surface area contributed by atoms with Crippen molar-refractivity contribution in [2.45, 2.75) is 37.8 Å². The first-order chi connectivity index (χ1) is 15.3. The van der Waals surface area contributed by atoms with Crippen LogP contribution in [0.3, 0.4) is 0 Å². The number of aryl methyl sites for hydroxylation is 2. The van der Waals surface area contributed by atoms with Gasteiger partial charge in [-0.2, -0.15) is 14.4 Å². The number of sulfonamides is 1. The van der Waals surface area contributed by atoms with Crippen molar-refractivity contribution >= 4 is 27.0 Å². The maximum absolute atomic E-state index is 14.1. The van der Waals surface area contributed by atoms with E-state index in [0.29, 0.717) is 48.5 Å². The lowest BCUT2D eigenvalue weighted by atomic mass is 10.0. The number of anilines is 1. The molecule has 3 N–H and O–H groups in total. The summed E-state index contributed by atoms with van der Waals surface area (Å²) in [7, 11) is -3.77. The standard InChI is InChI=1S/C22H23FN6O2S/c1-15-17(9-5-11-18(15)32(24,30)31)10-6-12-29-14-26-19-20(27-22(23)28-21(19)29)25-13-16-7-3-2-4-8-16/h2-5,7-9,11,14H,6,10,12-13H2,1H3,(H2,24,30,31)(H,25,27,28). The SMILES string of the molecule is Cc1c(CCCn2cnc3c(NCc4ccccc4)nc(F)nc32)cccc1S(N)(=O)=O. The Morgan fingerprint density at radius 3 is 2.62 bits per heavy atom. The summed E-state index contributed by atoms with van der Waals surface area (Å²) < 4.78 is 39.3. The number of hydrogen-bond donors (Lipinski definition) is 2. The van der Waals surface area contributed by atoms with Crippen LogP contribution in [-0.2, 0) is 29.5 Å². The number of fused-ring (bicyclic) bond motifs is 1. The third-order valence-corrected chi connectivity index (χ3v) is 6.34. The number of primary sulfonamides is 1. The van der Waals surface area contributed by atoms with Gasteiger partial charge >= 0.3 is 6.08 Å². The summed E-state index contributed by atoms with van der Waals surface area (Å²) in [6.45, 7) is 2.76. The molecular weight excluding hydrogens is 431 g/mol. The van der Waals surface area contributed by atoms with Crippen molar-refractivity contribution in [3.8, 4) is 0 Å². The van der Waals surface area contributed by atoms with Gasteiger partial charge in [0.2, 0.25) is 10.0 Å². The van der Waals surface area contributed by atoms with Gasteiger partial charge in [-0.1, -0.05) is 42.5 Å². The van der Waals surface area contributed by atoms with E-state index < -0.39 is 16.1 Å². The van der Waals surface area contributed by atoms with E-state index in [9.17, 15) is 12.8 Å². The molecule has 0 fully saturated rings. The minimum Gasteiger partial charge on any atom is -0.364 e. The van der Waals surface area contributed by atoms with Gasteiger partial charge in [-0.25, -0.2) is 18.5 Å². The maximum Gasteiger partial charge on any atom is 0.312 e. The van der Waals surface area contributed by atoms with Gasteiger partial charge in [-0.15, -0.1) is 0 Å². The fourth-order valence-corrected chi connectivity index (χ4v) is 4.49. The van der Waals surface area contributed by atoms with Crippen LogP contribution < -0.4 is 10.5 Å². The molecule has 2 heterocycles. The molecule has 0 bridgehead atoms. The Kier molecular flexibility index (Phi) is 6.15. The highest BCUT2D eigenvalue weighted by Crippen LogP contribution is 2.22. The summed E-state index contributed by atoms with van der Waals surface area (Å²) in [5.41, 5.74) is 3.48. The normalized spacial score (nSPS) is 11.7. The molecule has 0 saturated heterocycles. The number of aromatic nitrogens is 4. The van der Waals surface area contributed by atoms with Crippen LogP contribution in [-0.4, -0.2) is 27.9 Å². The first-order valence-corrected chi connectivity index (χ1v) is 11.6. The Labute approximate surface area is 185 Å². The Morgan fingerprint density at radius 2 is 1.88 bits per heavy atom. The number of benzene rings is 2. The number of halogens is 1. The Morgan fingerprint density at radius 1 is 1.09 bits per heavy atom. The highest BCUT2D eigenvalue weighted by molar-refractivity contribution is 7.89. The topological polar surface area (TPSA) is 116 Å². The molecule has 0 saturated carbocycles. The zero-order chi connectivity index (χ0) is 22.7. The van der Waals surface area contributed by atoms with E-state index in [1.54, 1.807) is 23.9 Å². The fraction of sp³-hybridized carbons (Fsp3) is 0.227. The van der Waals surface area contributed by atoms with Crippen molar-refractivity contribution in [3.05, 3.63) is 77.6 Å². The van der Waals surface area contributed by atoms with E-state index >= 15 is 0 Å². The van der Waals surface area contributed by atoms with Crippen LogP contribution in [0, 0.1) is 13.0 Å². The van der Waals surface area contributed by atoms with Crippen molar-refractivity contribution < 1.29 is 12.8 Å². The number of nitrogens with two attached hydrogens (primary N) is 1. The summed E-state index contributed by atoms with van der Waals surface area (Å²) in [6.07, 6.45) is 2.09. The molecule has 0 unspecified atom stereocenters. The lowest BCUT2D eigenvalue weighted by molar-refractivity contribution is 0.540. The molecule has 8 nitrogen and oxygen atoms in total. The van der Waals surface area contributed by atoms with Crippen LogP contribution >= 0.6 is 0 Å². The molecule has 0 amide bonds. The van der Waals surface area contributed by atoms with E-state index in [0.717, 1.165) is 11.1 Å². The predicted octanol–water partition coefficient (Wildman–Crippen LogP) is 3.17. The van der Waals surface area contributed by atoms with Gasteiger partial charge in [0.05, 0.1) is 11.2 Å². The zero-order valence-electron chi connectivity index (χ0n) is 17.5. The fourth-order valence-electron chi connectivity index (χ4n) is 3.67. The van der Waals surface area contributed by atoms with Crippen LogP contribution in [0.5, 0.6) is 0 Å². The Balaban J connectivity index is 1.49. The van der Waals surface area contributed by atoms with Crippen LogP contribution in [0.25, 0.3) is 11.2 Å².